The molecular weight excluding hydrogens is 1290 g/mol. The van der Waals surface area contributed by atoms with Crippen molar-refractivity contribution >= 4 is 64.5 Å². The van der Waals surface area contributed by atoms with Crippen LogP contribution in [0.2, 0.25) is 0 Å². The van der Waals surface area contributed by atoms with E-state index in [9.17, 15) is 0 Å². The number of hydrogen-bond donors (Lipinski definition) is 0. The quantitative estimate of drug-likeness (QED) is 0.0546. The molecule has 10 aromatic carbocycles. The van der Waals surface area contributed by atoms with Gasteiger partial charge in [-0.1, -0.05) is 177 Å². The van der Waals surface area contributed by atoms with Crippen LogP contribution in [-0.4, -0.2) is 99.1 Å². The predicted octanol–water partition coefficient (Wildman–Crippen LogP) is 23.9. The fourth-order valence-corrected chi connectivity index (χ4v) is 9.71. The molecule has 0 atom stereocenters. The molecule has 15 nitrogen and oxygen atoms in total. The summed E-state index contributed by atoms with van der Waals surface area (Å²) in [4.78, 5) is 46.6. The molecular formula is C89H98N12O3. The minimum absolute atomic E-state index is 0.684. The van der Waals surface area contributed by atoms with Gasteiger partial charge in [0.2, 0.25) is 0 Å². The standard InChI is InChI=1S/C17H18N2O2.C17H18N2.C16H16N2.C15H14N2O.C15H14N2.C9H18N2/c1-12-5-6-13(9-16(12)20-3)14-7-8-15(19-11-18-2)17(10-14)21-4;1-12-5-6-15(9-13(12)2)16-7-8-17(14(3)10-16)19-11-18-4;1-13-3-5-14(6-4-13)11-15-7-9-16(10-8-15)18-12-17-2;1-12-3-7-14(8-4-12)18-15-9-5-13(6-10-15)17-11-16-2;1-12-3-5-13(6-4-12)14-7-9-15(10-8-14)17-11-16-2;1-3-4-5-6-7-8-11-9-10-2/h5-10H,1-4H3;5-10H,1-4H3;3-10H,11H2,1-2H3;3-10H,1-2H3;3-10H,1-2H3;3-8H2,1-2H3. The van der Waals surface area contributed by atoms with Crippen LogP contribution in [0.1, 0.15) is 89.1 Å². The molecule has 0 saturated heterocycles. The Balaban J connectivity index is 0.000000226. The lowest BCUT2D eigenvalue weighted by Gasteiger charge is -2.10. The van der Waals surface area contributed by atoms with Crippen molar-refractivity contribution in [3.05, 3.63) is 268 Å². The monoisotopic (exact) mass is 1380 g/mol. The van der Waals surface area contributed by atoms with E-state index in [2.05, 4.69) is 247 Å². The fourth-order valence-electron chi connectivity index (χ4n) is 9.71. The molecule has 0 unspecified atom stereocenters. The fraction of sp³-hybridized carbons (Fsp3) is 0.258. The van der Waals surface area contributed by atoms with Crippen LogP contribution < -0.4 is 14.2 Å². The van der Waals surface area contributed by atoms with E-state index in [-0.39, 0.29) is 0 Å². The average Bonchev–Trinajstić information content (AvgIpc) is 0.753. The molecule has 10 rings (SSSR count). The van der Waals surface area contributed by atoms with Gasteiger partial charge in [0.05, 0.1) is 73.0 Å². The van der Waals surface area contributed by atoms with Crippen molar-refractivity contribution in [2.75, 3.05) is 63.1 Å². The molecule has 0 aromatic heterocycles. The second-order valence-electron chi connectivity index (χ2n) is 23.8. The number of unbranched alkanes of at least 4 members (excludes halogenated alkanes) is 4. The van der Waals surface area contributed by atoms with Crippen molar-refractivity contribution in [1.82, 2.24) is 0 Å². The van der Waals surface area contributed by atoms with Crippen LogP contribution in [0.5, 0.6) is 23.0 Å². The Bertz CT molecular complexity index is 4550. The Kier molecular flexibility index (Phi) is 38.0. The van der Waals surface area contributed by atoms with Gasteiger partial charge >= 0.3 is 0 Å². The zero-order valence-electron chi connectivity index (χ0n) is 63.3. The number of hydrogen-bond acceptors (Lipinski definition) is 15. The molecule has 0 fully saturated rings. The van der Waals surface area contributed by atoms with Crippen LogP contribution in [0, 0.1) is 48.5 Å². The molecule has 10 aromatic rings. The summed E-state index contributed by atoms with van der Waals surface area (Å²) in [7, 11) is 13.2. The van der Waals surface area contributed by atoms with Crippen molar-refractivity contribution in [3.63, 3.8) is 0 Å². The smallest absolute Gasteiger partial charge is 0.145 e. The van der Waals surface area contributed by atoms with E-state index in [4.69, 9.17) is 14.2 Å². The Morgan fingerprint density at radius 2 is 0.654 bits per heavy atom. The summed E-state index contributed by atoms with van der Waals surface area (Å²) in [5, 5.41) is 0. The lowest BCUT2D eigenvalue weighted by Crippen LogP contribution is -1.89. The summed E-state index contributed by atoms with van der Waals surface area (Å²) >= 11 is 0. The summed E-state index contributed by atoms with van der Waals surface area (Å²) in [5.41, 5.74) is 22.4. The molecule has 0 aliphatic rings. The van der Waals surface area contributed by atoms with Crippen molar-refractivity contribution < 1.29 is 14.2 Å². The van der Waals surface area contributed by atoms with E-state index in [0.29, 0.717) is 11.4 Å². The molecule has 0 spiro atoms. The van der Waals surface area contributed by atoms with Crippen LogP contribution in [0.3, 0.4) is 0 Å². The van der Waals surface area contributed by atoms with Crippen LogP contribution in [0.15, 0.2) is 278 Å². The number of methoxy groups -OCH3 is 2. The molecule has 0 aliphatic carbocycles. The van der Waals surface area contributed by atoms with E-state index in [0.717, 1.165) is 75.2 Å². The van der Waals surface area contributed by atoms with Gasteiger partial charge in [0.25, 0.3) is 0 Å². The number of aliphatic imine (C=N–C) groups is 12. The number of nitrogens with zero attached hydrogens (tertiary/aromatic N) is 12. The third-order valence-corrected chi connectivity index (χ3v) is 15.7. The number of benzene rings is 10. The van der Waals surface area contributed by atoms with Crippen LogP contribution in [0.4, 0.5) is 28.4 Å². The molecule has 0 radical (unpaired) electrons. The van der Waals surface area contributed by atoms with E-state index >= 15 is 0 Å². The van der Waals surface area contributed by atoms with Crippen molar-refractivity contribution in [2.45, 2.75) is 93.9 Å². The zero-order chi connectivity index (χ0) is 75.1. The first-order chi connectivity index (χ1) is 50.6. The van der Waals surface area contributed by atoms with E-state index in [1.54, 1.807) is 56.5 Å². The summed E-state index contributed by atoms with van der Waals surface area (Å²) in [6.45, 7) is 17.7. The molecule has 0 heterocycles. The van der Waals surface area contributed by atoms with Crippen LogP contribution >= 0.6 is 0 Å². The summed E-state index contributed by atoms with van der Waals surface area (Å²) in [5.74, 6) is 3.16. The van der Waals surface area contributed by atoms with Crippen molar-refractivity contribution in [2.24, 2.45) is 59.9 Å². The van der Waals surface area contributed by atoms with Crippen molar-refractivity contribution in [3.8, 4) is 56.4 Å². The highest BCUT2D eigenvalue weighted by atomic mass is 16.5. The first kappa shape index (κ1) is 82.5. The van der Waals surface area contributed by atoms with Gasteiger partial charge in [-0.05, 0) is 219 Å². The first-order valence-corrected chi connectivity index (χ1v) is 34.5. The predicted molar refractivity (Wildman–Crippen MR) is 437 cm³/mol. The van der Waals surface area contributed by atoms with Gasteiger partial charge in [0.15, 0.2) is 0 Å². The first-order valence-electron chi connectivity index (χ1n) is 34.5. The molecule has 0 amide bonds. The van der Waals surface area contributed by atoms with Gasteiger partial charge in [0, 0.05) is 48.8 Å². The number of aryl methyl sites for hydroxylation is 7. The second-order valence-corrected chi connectivity index (χ2v) is 23.8. The van der Waals surface area contributed by atoms with Crippen LogP contribution in [0.25, 0.3) is 33.4 Å². The van der Waals surface area contributed by atoms with Gasteiger partial charge in [-0.15, -0.1) is 0 Å². The minimum atomic E-state index is 0.684. The minimum Gasteiger partial charge on any atom is -0.496 e. The topological polar surface area (TPSA) is 176 Å². The zero-order valence-corrected chi connectivity index (χ0v) is 63.3. The van der Waals surface area contributed by atoms with Gasteiger partial charge < -0.3 is 14.2 Å². The van der Waals surface area contributed by atoms with E-state index in [1.165, 1.54) is 93.3 Å². The van der Waals surface area contributed by atoms with Gasteiger partial charge in [-0.25, -0.2) is 34.9 Å². The molecule has 0 bridgehead atoms. The highest BCUT2D eigenvalue weighted by Gasteiger charge is 2.09. The number of ether oxygens (including phenoxy) is 3. The molecule has 532 valence electrons. The Morgan fingerprint density at radius 3 is 1.12 bits per heavy atom. The third kappa shape index (κ3) is 30.8. The maximum atomic E-state index is 5.71. The average molecular weight is 1380 g/mol. The maximum absolute atomic E-state index is 5.71. The molecule has 0 aliphatic heterocycles. The lowest BCUT2D eigenvalue weighted by molar-refractivity contribution is 0.412. The van der Waals surface area contributed by atoms with Gasteiger partial charge in [0.1, 0.15) is 28.7 Å². The Morgan fingerprint density at radius 1 is 0.298 bits per heavy atom. The normalized spacial score (nSPS) is 9.58. The Hall–Kier alpha value is -12.1. The molecule has 0 saturated carbocycles. The van der Waals surface area contributed by atoms with E-state index in [1.807, 2.05) is 123 Å². The number of rotatable bonds is 20. The lowest BCUT2D eigenvalue weighted by atomic mass is 9.99. The van der Waals surface area contributed by atoms with Gasteiger partial charge in [-0.2, -0.15) is 25.0 Å². The van der Waals surface area contributed by atoms with Crippen molar-refractivity contribution in [1.29, 1.82) is 0 Å². The van der Waals surface area contributed by atoms with Crippen LogP contribution in [-0.2, 0) is 6.42 Å². The van der Waals surface area contributed by atoms with E-state index < -0.39 is 0 Å². The Labute approximate surface area is 617 Å². The highest BCUT2D eigenvalue weighted by Crippen LogP contribution is 2.35. The van der Waals surface area contributed by atoms with Gasteiger partial charge in [-0.3, -0.25) is 0 Å². The summed E-state index contributed by atoms with van der Waals surface area (Å²) in [6.07, 6.45) is 7.43. The molecule has 104 heavy (non-hydrogen) atoms. The largest absolute Gasteiger partial charge is 0.496 e. The molecule has 15 heteroatoms. The molecule has 0 N–H and O–H groups in total. The summed E-state index contributed by atoms with van der Waals surface area (Å²) in [6, 6.07) is 89.0. The summed E-state index contributed by atoms with van der Waals surface area (Å²) < 4.78 is 16.5. The second kappa shape index (κ2) is 47.8. The maximum Gasteiger partial charge on any atom is 0.145 e. The third-order valence-electron chi connectivity index (χ3n) is 15.7. The highest BCUT2D eigenvalue weighted by molar-refractivity contribution is 5.73. The SMILES string of the molecule is CCCCCCCN=C=NC.CN=C=Nc1ccc(-c2ccc(C)c(C)c2)cc1C.CN=C=Nc1ccc(-c2ccc(C)c(OC)c2)cc1OC.CN=C=Nc1ccc(-c2ccc(C)cc2)cc1.CN=C=Nc1ccc(Cc2ccc(C)cc2)cc1.CN=C=Nc1ccc(Oc2ccc(C)cc2)cc1.